The maximum Gasteiger partial charge on any atom is 0.259 e. The second-order valence-corrected chi connectivity index (χ2v) is 9.70. The fourth-order valence-electron chi connectivity index (χ4n) is 5.57. The normalized spacial score (nSPS) is 18.6. The lowest BCUT2D eigenvalue weighted by Crippen LogP contribution is -2.53. The van der Waals surface area contributed by atoms with E-state index in [9.17, 15) is 4.79 Å². The zero-order chi connectivity index (χ0) is 23.3. The van der Waals surface area contributed by atoms with Crippen molar-refractivity contribution in [2.75, 3.05) is 26.2 Å². The number of hydrogen-bond acceptors (Lipinski definition) is 4. The number of carbonyl (C=O) groups is 1. The minimum atomic E-state index is 0.134. The monoisotopic (exact) mass is 442 g/mol. The number of guanidine groups is 1. The molecule has 0 unspecified atom stereocenters. The van der Waals surface area contributed by atoms with Gasteiger partial charge in [-0.1, -0.05) is 30.3 Å². The van der Waals surface area contributed by atoms with Crippen molar-refractivity contribution in [1.29, 1.82) is 0 Å². The van der Waals surface area contributed by atoms with Gasteiger partial charge in [0, 0.05) is 38.3 Å². The van der Waals surface area contributed by atoms with Gasteiger partial charge in [-0.2, -0.15) is 0 Å². The molecular formula is C28H34N4O. The summed E-state index contributed by atoms with van der Waals surface area (Å²) < 4.78 is 0. The van der Waals surface area contributed by atoms with Gasteiger partial charge in [0.2, 0.25) is 5.96 Å². The average molecular weight is 443 g/mol. The predicted octanol–water partition coefficient (Wildman–Crippen LogP) is 4.40. The molecule has 3 aliphatic heterocycles. The molecule has 5 heteroatoms. The molecule has 2 aromatic carbocycles. The van der Waals surface area contributed by atoms with E-state index in [1.54, 1.807) is 0 Å². The molecule has 0 fully saturated rings. The van der Waals surface area contributed by atoms with E-state index in [1.807, 2.05) is 4.90 Å². The molecule has 0 saturated carbocycles. The number of fused-ring (bicyclic) bond motifs is 2. The summed E-state index contributed by atoms with van der Waals surface area (Å²) >= 11 is 0. The van der Waals surface area contributed by atoms with Crippen LogP contribution in [0.5, 0.6) is 0 Å². The van der Waals surface area contributed by atoms with Crippen LogP contribution >= 0.6 is 0 Å². The molecule has 0 aliphatic carbocycles. The standard InChI is InChI=1S/C28H34N4O/c1-18-19(2)21(4)24(22(5)20(18)3)17-32-27(33)25-16-30(15-23-9-7-6-8-10-23)13-11-26(25)31-14-12-29-28(31)32/h6-10H,11-17H2,1-5H3. The van der Waals surface area contributed by atoms with Crippen molar-refractivity contribution >= 4 is 11.9 Å². The average Bonchev–Trinajstić information content (AvgIpc) is 3.31. The van der Waals surface area contributed by atoms with Crippen LogP contribution in [0.4, 0.5) is 0 Å². The minimum absolute atomic E-state index is 0.134. The fourth-order valence-corrected chi connectivity index (χ4v) is 5.57. The van der Waals surface area contributed by atoms with E-state index in [0.29, 0.717) is 13.1 Å². The molecular weight excluding hydrogens is 408 g/mol. The number of benzene rings is 2. The molecule has 0 bridgehead atoms. The van der Waals surface area contributed by atoms with Gasteiger partial charge in [-0.05, 0) is 73.6 Å². The van der Waals surface area contributed by atoms with Crippen LogP contribution in [0.1, 0.15) is 45.4 Å². The predicted molar refractivity (Wildman–Crippen MR) is 133 cm³/mol. The molecule has 0 saturated heterocycles. The summed E-state index contributed by atoms with van der Waals surface area (Å²) in [5.41, 5.74) is 11.3. The Morgan fingerprint density at radius 1 is 0.848 bits per heavy atom. The van der Waals surface area contributed by atoms with E-state index in [0.717, 1.165) is 44.1 Å². The van der Waals surface area contributed by atoms with Gasteiger partial charge in [0.05, 0.1) is 18.7 Å². The molecule has 5 rings (SSSR count). The first kappa shape index (κ1) is 21.9. The summed E-state index contributed by atoms with van der Waals surface area (Å²) in [7, 11) is 0. The Kier molecular flexibility index (Phi) is 5.61. The third kappa shape index (κ3) is 3.68. The van der Waals surface area contributed by atoms with Crippen LogP contribution in [0.2, 0.25) is 0 Å². The fraction of sp³-hybridized carbons (Fsp3) is 0.429. The number of aliphatic imine (C=N–C) groups is 1. The molecule has 1 amide bonds. The molecule has 0 N–H and O–H groups in total. The van der Waals surface area contributed by atoms with E-state index in [-0.39, 0.29) is 5.91 Å². The smallest absolute Gasteiger partial charge is 0.259 e. The van der Waals surface area contributed by atoms with Gasteiger partial charge in [-0.25, -0.2) is 0 Å². The molecule has 33 heavy (non-hydrogen) atoms. The molecule has 0 atom stereocenters. The molecule has 0 aromatic heterocycles. The van der Waals surface area contributed by atoms with Crippen LogP contribution < -0.4 is 0 Å². The highest BCUT2D eigenvalue weighted by Gasteiger charge is 2.41. The molecule has 3 heterocycles. The van der Waals surface area contributed by atoms with Gasteiger partial charge < -0.3 is 4.90 Å². The number of amides is 1. The highest BCUT2D eigenvalue weighted by atomic mass is 16.2. The first-order valence-corrected chi connectivity index (χ1v) is 12.0. The number of rotatable bonds is 4. The van der Waals surface area contributed by atoms with E-state index in [1.165, 1.54) is 44.6 Å². The highest BCUT2D eigenvalue weighted by Crippen LogP contribution is 2.34. The highest BCUT2D eigenvalue weighted by molar-refractivity contribution is 6.09. The van der Waals surface area contributed by atoms with E-state index < -0.39 is 0 Å². The zero-order valence-electron chi connectivity index (χ0n) is 20.5. The lowest BCUT2D eigenvalue weighted by molar-refractivity contribution is -0.125. The molecule has 3 aliphatic rings. The number of hydrogen-bond donors (Lipinski definition) is 0. The topological polar surface area (TPSA) is 39.2 Å². The van der Waals surface area contributed by atoms with Gasteiger partial charge in [0.25, 0.3) is 5.91 Å². The maximum absolute atomic E-state index is 13.9. The first-order chi connectivity index (χ1) is 15.9. The van der Waals surface area contributed by atoms with Crippen molar-refractivity contribution in [3.05, 3.63) is 80.5 Å². The van der Waals surface area contributed by atoms with Crippen LogP contribution in [0.25, 0.3) is 0 Å². The number of nitrogens with zero attached hydrogens (tertiary/aromatic N) is 4. The van der Waals surface area contributed by atoms with Crippen LogP contribution in [0.3, 0.4) is 0 Å². The summed E-state index contributed by atoms with van der Waals surface area (Å²) in [4.78, 5) is 25.3. The van der Waals surface area contributed by atoms with E-state index in [4.69, 9.17) is 4.99 Å². The Morgan fingerprint density at radius 2 is 1.52 bits per heavy atom. The van der Waals surface area contributed by atoms with Gasteiger partial charge in [-0.3, -0.25) is 19.6 Å². The van der Waals surface area contributed by atoms with Crippen molar-refractivity contribution < 1.29 is 4.79 Å². The van der Waals surface area contributed by atoms with Gasteiger partial charge >= 0.3 is 0 Å². The van der Waals surface area contributed by atoms with Crippen LogP contribution in [0.15, 0.2) is 46.6 Å². The van der Waals surface area contributed by atoms with E-state index in [2.05, 4.69) is 74.8 Å². The molecule has 5 nitrogen and oxygen atoms in total. The Morgan fingerprint density at radius 3 is 2.21 bits per heavy atom. The SMILES string of the molecule is Cc1c(C)c(C)c(CN2C(=O)C3=C(CCN(Cc4ccccc4)C3)N3CCN=C23)c(C)c1C. The van der Waals surface area contributed by atoms with Crippen LogP contribution in [-0.4, -0.2) is 52.7 Å². The molecule has 172 valence electrons. The largest absolute Gasteiger partial charge is 0.314 e. The lowest BCUT2D eigenvalue weighted by Gasteiger charge is -2.42. The van der Waals surface area contributed by atoms with Crippen molar-refractivity contribution in [3.8, 4) is 0 Å². The molecule has 2 aromatic rings. The van der Waals surface area contributed by atoms with E-state index >= 15 is 0 Å². The van der Waals surface area contributed by atoms with Crippen molar-refractivity contribution in [1.82, 2.24) is 14.7 Å². The first-order valence-electron chi connectivity index (χ1n) is 12.0. The Balaban J connectivity index is 1.47. The second-order valence-electron chi connectivity index (χ2n) is 9.70. The maximum atomic E-state index is 13.9. The molecule has 0 spiro atoms. The van der Waals surface area contributed by atoms with Gasteiger partial charge in [-0.15, -0.1) is 0 Å². The lowest BCUT2D eigenvalue weighted by atomic mass is 9.89. The summed E-state index contributed by atoms with van der Waals surface area (Å²) in [6.45, 7) is 15.7. The molecule has 0 radical (unpaired) electrons. The summed E-state index contributed by atoms with van der Waals surface area (Å²) in [5.74, 6) is 0.985. The van der Waals surface area contributed by atoms with Crippen molar-refractivity contribution in [2.24, 2.45) is 4.99 Å². The third-order valence-electron chi connectivity index (χ3n) is 8.00. The van der Waals surface area contributed by atoms with Gasteiger partial charge in [0.1, 0.15) is 0 Å². The van der Waals surface area contributed by atoms with Gasteiger partial charge in [0.15, 0.2) is 0 Å². The Labute approximate surface area is 197 Å². The summed E-state index contributed by atoms with van der Waals surface area (Å²) in [6.07, 6.45) is 0.904. The van der Waals surface area contributed by atoms with Crippen molar-refractivity contribution in [2.45, 2.75) is 54.1 Å². The summed E-state index contributed by atoms with van der Waals surface area (Å²) in [5, 5.41) is 0. The number of carbonyl (C=O) groups excluding carboxylic acids is 1. The Bertz CT molecular complexity index is 1150. The Hall–Kier alpha value is -2.92. The summed E-state index contributed by atoms with van der Waals surface area (Å²) in [6, 6.07) is 10.5. The van der Waals surface area contributed by atoms with Crippen LogP contribution in [-0.2, 0) is 17.9 Å². The second kappa shape index (κ2) is 8.45. The third-order valence-corrected chi connectivity index (χ3v) is 8.00. The quantitative estimate of drug-likeness (QED) is 0.704. The zero-order valence-corrected chi connectivity index (χ0v) is 20.5. The minimum Gasteiger partial charge on any atom is -0.314 e. The van der Waals surface area contributed by atoms with Crippen molar-refractivity contribution in [3.63, 3.8) is 0 Å². The van der Waals surface area contributed by atoms with Crippen LogP contribution in [0, 0.1) is 34.6 Å².